The summed E-state index contributed by atoms with van der Waals surface area (Å²) in [5.74, 6) is -0.184. The first-order valence-electron chi connectivity index (χ1n) is 5.92. The van der Waals surface area contributed by atoms with E-state index in [1.54, 1.807) is 24.3 Å². The van der Waals surface area contributed by atoms with Gasteiger partial charge in [0.05, 0.1) is 15.5 Å². The van der Waals surface area contributed by atoms with E-state index in [4.69, 9.17) is 0 Å². The van der Waals surface area contributed by atoms with E-state index in [2.05, 4.69) is 4.98 Å². The fourth-order valence-electron chi connectivity index (χ4n) is 2.38. The molecule has 2 N–H and O–H groups in total. The van der Waals surface area contributed by atoms with Gasteiger partial charge in [0, 0.05) is 12.4 Å². The van der Waals surface area contributed by atoms with Gasteiger partial charge in [-0.15, -0.1) is 0 Å². The molecule has 5 nitrogen and oxygen atoms in total. The summed E-state index contributed by atoms with van der Waals surface area (Å²) < 4.78 is 45.5. The highest BCUT2D eigenvalue weighted by Crippen LogP contribution is 2.61. The normalized spacial score (nSPS) is 22.2. The summed E-state index contributed by atoms with van der Waals surface area (Å²) in [4.78, 5) is 4.28. The first-order valence-corrected chi connectivity index (χ1v) is 9.18. The molecule has 2 aromatic rings. The zero-order valence-electron chi connectivity index (χ0n) is 10.4. The van der Waals surface area contributed by atoms with Gasteiger partial charge in [0.15, 0.2) is 9.84 Å². The second-order valence-corrected chi connectivity index (χ2v) is 8.82. The van der Waals surface area contributed by atoms with Crippen molar-refractivity contribution in [2.45, 2.75) is 15.0 Å². The van der Waals surface area contributed by atoms with Crippen LogP contribution in [-0.4, -0.2) is 28.3 Å². The number of benzene rings is 1. The van der Waals surface area contributed by atoms with Gasteiger partial charge in [-0.3, -0.25) is 14.1 Å². The van der Waals surface area contributed by atoms with E-state index in [9.17, 15) is 17.5 Å². The molecule has 0 radical (unpaired) electrons. The molecule has 1 aromatic carbocycles. The molecule has 2 heterocycles. The second kappa shape index (κ2) is 4.56. The highest BCUT2D eigenvalue weighted by Gasteiger charge is 2.42. The minimum absolute atomic E-state index is 0.143. The van der Waals surface area contributed by atoms with Gasteiger partial charge in [-0.2, -0.15) is 10.6 Å². The standard InChI is InChI=1S/C13H13NO4S2/c15-19(16)9-13(11-3-1-2-4-12(11)19)20(17,18)10-5-7-14-8-6-10/h1-8,13,15-16H,9H2. The lowest BCUT2D eigenvalue weighted by atomic mass is 10.2. The minimum atomic E-state index is -3.66. The zero-order chi connectivity index (χ0) is 14.4. The molecule has 1 aliphatic heterocycles. The average Bonchev–Trinajstić information content (AvgIpc) is 2.73. The third-order valence-electron chi connectivity index (χ3n) is 3.35. The molecule has 3 rings (SSSR count). The van der Waals surface area contributed by atoms with Gasteiger partial charge in [0.1, 0.15) is 5.25 Å². The van der Waals surface area contributed by atoms with Gasteiger partial charge < -0.3 is 0 Å². The lowest BCUT2D eigenvalue weighted by Crippen LogP contribution is -2.15. The first-order chi connectivity index (χ1) is 9.43. The Morgan fingerprint density at radius 2 is 1.75 bits per heavy atom. The molecule has 1 unspecified atom stereocenters. The molecule has 106 valence electrons. The number of rotatable bonds is 2. The van der Waals surface area contributed by atoms with Crippen molar-refractivity contribution >= 4 is 20.4 Å². The summed E-state index contributed by atoms with van der Waals surface area (Å²) in [5, 5.41) is -0.925. The van der Waals surface area contributed by atoms with Gasteiger partial charge in [-0.1, -0.05) is 18.2 Å². The molecule has 20 heavy (non-hydrogen) atoms. The van der Waals surface area contributed by atoms with E-state index in [1.165, 1.54) is 24.5 Å². The molecule has 1 atom stereocenters. The van der Waals surface area contributed by atoms with Crippen molar-refractivity contribution in [3.8, 4) is 0 Å². The summed E-state index contributed by atoms with van der Waals surface area (Å²) in [5.41, 5.74) is 0.476. The Hall–Kier alpha value is -1.41. The molecule has 1 aromatic heterocycles. The van der Waals surface area contributed by atoms with E-state index in [0.29, 0.717) is 10.5 Å². The third-order valence-corrected chi connectivity index (χ3v) is 7.54. The Kier molecular flexibility index (Phi) is 3.09. The lowest BCUT2D eigenvalue weighted by molar-refractivity contribution is 0.491. The maximum Gasteiger partial charge on any atom is 0.187 e. The van der Waals surface area contributed by atoms with Crippen molar-refractivity contribution in [3.63, 3.8) is 0 Å². The minimum Gasteiger partial charge on any atom is -0.295 e. The Bertz CT molecular complexity index is 744. The van der Waals surface area contributed by atoms with Gasteiger partial charge in [0.2, 0.25) is 0 Å². The van der Waals surface area contributed by atoms with Crippen LogP contribution in [0.2, 0.25) is 0 Å². The van der Waals surface area contributed by atoms with E-state index in [1.807, 2.05) is 0 Å². The van der Waals surface area contributed by atoms with Crippen molar-refractivity contribution in [1.82, 2.24) is 4.98 Å². The van der Waals surface area contributed by atoms with Crippen LogP contribution < -0.4 is 0 Å². The first kappa shape index (κ1) is 13.6. The van der Waals surface area contributed by atoms with Crippen molar-refractivity contribution in [1.29, 1.82) is 0 Å². The van der Waals surface area contributed by atoms with Crippen molar-refractivity contribution < 1.29 is 17.5 Å². The predicted molar refractivity (Wildman–Crippen MR) is 76.6 cm³/mol. The van der Waals surface area contributed by atoms with Gasteiger partial charge in [-0.05, 0) is 23.8 Å². The van der Waals surface area contributed by atoms with Crippen molar-refractivity contribution in [2.75, 3.05) is 5.75 Å². The van der Waals surface area contributed by atoms with Crippen molar-refractivity contribution in [3.05, 3.63) is 54.4 Å². The summed E-state index contributed by atoms with van der Waals surface area (Å²) in [6, 6.07) is 9.43. The molecule has 0 aliphatic carbocycles. The number of aromatic nitrogens is 1. The predicted octanol–water partition coefficient (Wildman–Crippen LogP) is 2.72. The quantitative estimate of drug-likeness (QED) is 0.890. The molecular formula is C13H13NO4S2. The second-order valence-electron chi connectivity index (χ2n) is 4.59. The Morgan fingerprint density at radius 3 is 2.45 bits per heavy atom. The molecule has 0 saturated carbocycles. The Labute approximate surface area is 118 Å². The van der Waals surface area contributed by atoms with E-state index in [-0.39, 0.29) is 10.6 Å². The molecule has 0 fully saturated rings. The van der Waals surface area contributed by atoms with Gasteiger partial charge >= 0.3 is 0 Å². The number of hydrogen-bond donors (Lipinski definition) is 2. The molecule has 7 heteroatoms. The monoisotopic (exact) mass is 311 g/mol. The largest absolute Gasteiger partial charge is 0.295 e. The fraction of sp³-hybridized carbons (Fsp3) is 0.154. The van der Waals surface area contributed by atoms with Crippen LogP contribution >= 0.6 is 10.6 Å². The van der Waals surface area contributed by atoms with Crippen LogP contribution in [0.4, 0.5) is 0 Å². The SMILES string of the molecule is O=S(=O)(c1ccncc1)C1CS(O)(O)c2ccccc21. The van der Waals surface area contributed by atoms with Crippen molar-refractivity contribution in [2.24, 2.45) is 0 Å². The summed E-state index contributed by atoms with van der Waals surface area (Å²) in [6.45, 7) is 0. The Morgan fingerprint density at radius 1 is 1.10 bits per heavy atom. The van der Waals surface area contributed by atoms with Crippen LogP contribution in [0, 0.1) is 0 Å². The molecule has 0 saturated heterocycles. The maximum absolute atomic E-state index is 12.6. The third kappa shape index (κ3) is 2.03. The number of pyridine rings is 1. The molecule has 0 spiro atoms. The Balaban J connectivity index is 2.14. The highest BCUT2D eigenvalue weighted by molar-refractivity contribution is 8.25. The van der Waals surface area contributed by atoms with Gasteiger partial charge in [-0.25, -0.2) is 8.42 Å². The molecule has 1 aliphatic rings. The summed E-state index contributed by atoms with van der Waals surface area (Å²) in [6.07, 6.45) is 2.82. The summed E-state index contributed by atoms with van der Waals surface area (Å²) >= 11 is 0. The number of nitrogens with zero attached hydrogens (tertiary/aromatic N) is 1. The van der Waals surface area contributed by atoms with E-state index in [0.717, 1.165) is 0 Å². The maximum atomic E-state index is 12.6. The van der Waals surface area contributed by atoms with E-state index < -0.39 is 25.7 Å². The van der Waals surface area contributed by atoms with Crippen LogP contribution in [0.1, 0.15) is 10.8 Å². The lowest BCUT2D eigenvalue weighted by Gasteiger charge is -2.27. The number of hydrogen-bond acceptors (Lipinski definition) is 5. The number of fused-ring (bicyclic) bond motifs is 1. The van der Waals surface area contributed by atoms with Crippen LogP contribution in [0.15, 0.2) is 58.6 Å². The zero-order valence-corrected chi connectivity index (χ0v) is 12.0. The fourth-order valence-corrected chi connectivity index (χ4v) is 6.78. The average molecular weight is 311 g/mol. The van der Waals surface area contributed by atoms with Gasteiger partial charge in [0.25, 0.3) is 0 Å². The number of sulfone groups is 1. The summed E-state index contributed by atoms with van der Waals surface area (Å²) in [7, 11) is -6.70. The van der Waals surface area contributed by atoms with E-state index >= 15 is 0 Å². The molecule has 0 amide bonds. The van der Waals surface area contributed by atoms with Crippen LogP contribution in [-0.2, 0) is 9.84 Å². The van der Waals surface area contributed by atoms with Crippen LogP contribution in [0.3, 0.4) is 0 Å². The molecular weight excluding hydrogens is 298 g/mol. The highest BCUT2D eigenvalue weighted by atomic mass is 32.3. The van der Waals surface area contributed by atoms with Crippen LogP contribution in [0.25, 0.3) is 0 Å². The molecule has 0 bridgehead atoms. The topological polar surface area (TPSA) is 87.5 Å². The van der Waals surface area contributed by atoms with Crippen LogP contribution in [0.5, 0.6) is 0 Å². The smallest absolute Gasteiger partial charge is 0.187 e.